The number of sulfonamides is 1. The van der Waals surface area contributed by atoms with Crippen LogP contribution in [0.5, 0.6) is 5.75 Å². The summed E-state index contributed by atoms with van der Waals surface area (Å²) in [5, 5.41) is 19.9. The van der Waals surface area contributed by atoms with E-state index in [1.54, 1.807) is 45.2 Å². The van der Waals surface area contributed by atoms with Crippen molar-refractivity contribution in [1.82, 2.24) is 14.8 Å². The highest BCUT2D eigenvalue weighted by atomic mass is 32.2. The van der Waals surface area contributed by atoms with Crippen LogP contribution in [0.3, 0.4) is 0 Å². The van der Waals surface area contributed by atoms with E-state index < -0.39 is 28.6 Å². The summed E-state index contributed by atoms with van der Waals surface area (Å²) < 4.78 is 34.0. The van der Waals surface area contributed by atoms with Gasteiger partial charge >= 0.3 is 0 Å². The molecule has 4 N–H and O–H groups in total. The van der Waals surface area contributed by atoms with Gasteiger partial charge in [-0.3, -0.25) is 10.0 Å². The molecule has 0 radical (unpaired) electrons. The van der Waals surface area contributed by atoms with Crippen LogP contribution in [0.4, 0.5) is 0 Å². The summed E-state index contributed by atoms with van der Waals surface area (Å²) in [5.74, 6) is -0.477. The first-order valence-corrected chi connectivity index (χ1v) is 11.4. The van der Waals surface area contributed by atoms with Crippen LogP contribution in [0.15, 0.2) is 41.4 Å². The van der Waals surface area contributed by atoms with E-state index in [-0.39, 0.29) is 11.4 Å². The van der Waals surface area contributed by atoms with E-state index in [1.165, 1.54) is 12.6 Å². The predicted molar refractivity (Wildman–Crippen MR) is 119 cm³/mol. The number of amides is 1. The number of fused-ring (bicyclic) bond motifs is 1. The zero-order valence-electron chi connectivity index (χ0n) is 18.3. The lowest BCUT2D eigenvalue weighted by Gasteiger charge is -2.30. The Balaban J connectivity index is 2.17. The van der Waals surface area contributed by atoms with Gasteiger partial charge in [0.15, 0.2) is 0 Å². The minimum absolute atomic E-state index is 0.0303. The maximum absolute atomic E-state index is 13.9. The van der Waals surface area contributed by atoms with Crippen molar-refractivity contribution in [2.45, 2.75) is 38.3 Å². The summed E-state index contributed by atoms with van der Waals surface area (Å²) >= 11 is 0. The van der Waals surface area contributed by atoms with Crippen LogP contribution in [0.2, 0.25) is 0 Å². The van der Waals surface area contributed by atoms with E-state index in [4.69, 9.17) is 9.94 Å². The number of aliphatic hydroxyl groups excluding tert-OH is 1. The molecule has 32 heavy (non-hydrogen) atoms. The Morgan fingerprint density at radius 2 is 1.91 bits per heavy atom. The van der Waals surface area contributed by atoms with Crippen molar-refractivity contribution in [1.29, 1.82) is 0 Å². The van der Waals surface area contributed by atoms with Gasteiger partial charge in [-0.2, -0.15) is 4.31 Å². The van der Waals surface area contributed by atoms with Crippen molar-refractivity contribution in [3.63, 3.8) is 0 Å². The monoisotopic (exact) mass is 461 g/mol. The Labute approximate surface area is 186 Å². The fourth-order valence-corrected chi connectivity index (χ4v) is 5.93. The van der Waals surface area contributed by atoms with Crippen molar-refractivity contribution < 1.29 is 28.3 Å². The highest BCUT2D eigenvalue weighted by Gasteiger charge is 2.38. The molecular formula is C22H27N3O6S. The van der Waals surface area contributed by atoms with Gasteiger partial charge in [0.25, 0.3) is 5.91 Å². The van der Waals surface area contributed by atoms with Crippen molar-refractivity contribution in [3.8, 4) is 5.75 Å². The van der Waals surface area contributed by atoms with E-state index in [0.717, 1.165) is 15.2 Å². The number of hydrogen-bond acceptors (Lipinski definition) is 6. The molecule has 1 amide bonds. The number of nitrogens with one attached hydrogen (secondary N) is 2. The molecule has 2 aromatic carbocycles. The first kappa shape index (κ1) is 23.7. The van der Waals surface area contributed by atoms with E-state index in [9.17, 15) is 18.3 Å². The SMILES string of the molecule is COc1cc(C)c(S(=O)(=O)N(Cc2ccc3[nH]ccc3c2)C(CO)C(=O)NO)c(C)c1C. The van der Waals surface area contributed by atoms with Gasteiger partial charge in [-0.1, -0.05) is 6.07 Å². The van der Waals surface area contributed by atoms with Gasteiger partial charge in [0.2, 0.25) is 10.0 Å². The number of aromatic nitrogens is 1. The maximum Gasteiger partial charge on any atom is 0.264 e. The number of rotatable bonds is 8. The highest BCUT2D eigenvalue weighted by Crippen LogP contribution is 2.33. The average molecular weight is 462 g/mol. The number of ether oxygens (including phenoxy) is 1. The van der Waals surface area contributed by atoms with Crippen LogP contribution in [0.25, 0.3) is 10.9 Å². The van der Waals surface area contributed by atoms with Gasteiger partial charge in [0, 0.05) is 18.3 Å². The molecule has 1 unspecified atom stereocenters. The summed E-state index contributed by atoms with van der Waals surface area (Å²) in [6, 6.07) is 7.30. The Bertz CT molecular complexity index is 1250. The third-order valence-corrected chi connectivity index (χ3v) is 7.80. The molecule has 1 aromatic heterocycles. The molecule has 0 aliphatic rings. The third kappa shape index (κ3) is 4.22. The molecule has 0 fully saturated rings. The maximum atomic E-state index is 13.9. The Hall–Kier alpha value is -2.92. The smallest absolute Gasteiger partial charge is 0.264 e. The molecular weight excluding hydrogens is 434 g/mol. The molecule has 0 saturated heterocycles. The number of hydroxylamine groups is 1. The fraction of sp³-hybridized carbons (Fsp3) is 0.318. The Morgan fingerprint density at radius 3 is 2.53 bits per heavy atom. The van der Waals surface area contributed by atoms with E-state index in [1.807, 2.05) is 12.1 Å². The third-order valence-electron chi connectivity index (χ3n) is 5.65. The topological polar surface area (TPSA) is 132 Å². The van der Waals surface area contributed by atoms with Crippen LogP contribution in [0.1, 0.15) is 22.3 Å². The quantitative estimate of drug-likeness (QED) is 0.300. The van der Waals surface area contributed by atoms with Gasteiger partial charge in [-0.05, 0) is 72.7 Å². The summed E-state index contributed by atoms with van der Waals surface area (Å²) in [4.78, 5) is 15.4. The normalized spacial score (nSPS) is 12.8. The number of aromatic amines is 1. The van der Waals surface area contributed by atoms with Gasteiger partial charge in [0.05, 0.1) is 18.6 Å². The van der Waals surface area contributed by atoms with Gasteiger partial charge < -0.3 is 14.8 Å². The predicted octanol–water partition coefficient (Wildman–Crippen LogP) is 2.16. The lowest BCUT2D eigenvalue weighted by molar-refractivity contribution is -0.134. The number of methoxy groups -OCH3 is 1. The molecule has 0 saturated carbocycles. The standard InChI is InChI=1S/C22H27N3O6S/c1-13-9-20(31-4)14(2)15(3)21(13)32(29,30)25(19(12-26)22(27)24-28)11-16-5-6-18-17(10-16)7-8-23-18/h5-10,19,23,26,28H,11-12H2,1-4H3,(H,24,27). The number of nitrogens with zero attached hydrogens (tertiary/aromatic N) is 1. The molecule has 3 aromatic rings. The van der Waals surface area contributed by atoms with Gasteiger partial charge in [-0.25, -0.2) is 13.9 Å². The van der Waals surface area contributed by atoms with Crippen LogP contribution >= 0.6 is 0 Å². The lowest BCUT2D eigenvalue weighted by atomic mass is 10.1. The van der Waals surface area contributed by atoms with Crippen LogP contribution in [0, 0.1) is 20.8 Å². The number of benzene rings is 2. The summed E-state index contributed by atoms with van der Waals surface area (Å²) in [7, 11) is -2.77. The Kier molecular flexibility index (Phi) is 6.89. The zero-order chi connectivity index (χ0) is 23.6. The second kappa shape index (κ2) is 9.29. The molecule has 0 aliphatic carbocycles. The average Bonchev–Trinajstić information content (AvgIpc) is 3.23. The summed E-state index contributed by atoms with van der Waals surface area (Å²) in [5.41, 5.74) is 4.53. The fourth-order valence-electron chi connectivity index (χ4n) is 3.87. The molecule has 172 valence electrons. The second-order valence-corrected chi connectivity index (χ2v) is 9.43. The molecule has 1 heterocycles. The van der Waals surface area contributed by atoms with Crippen molar-refractivity contribution in [3.05, 3.63) is 58.8 Å². The molecule has 1 atom stereocenters. The summed E-state index contributed by atoms with van der Waals surface area (Å²) in [6.45, 7) is 4.06. The molecule has 0 bridgehead atoms. The first-order chi connectivity index (χ1) is 15.1. The minimum atomic E-state index is -4.28. The van der Waals surface area contributed by atoms with Gasteiger partial charge in [-0.15, -0.1) is 0 Å². The van der Waals surface area contributed by atoms with Crippen molar-refractivity contribution in [2.75, 3.05) is 13.7 Å². The van der Waals surface area contributed by atoms with E-state index >= 15 is 0 Å². The largest absolute Gasteiger partial charge is 0.496 e. The number of H-pyrrole nitrogens is 1. The summed E-state index contributed by atoms with van der Waals surface area (Å²) in [6.07, 6.45) is 1.77. The number of aryl methyl sites for hydroxylation is 1. The van der Waals surface area contributed by atoms with Crippen LogP contribution < -0.4 is 10.2 Å². The molecule has 0 spiro atoms. The van der Waals surface area contributed by atoms with E-state index in [2.05, 4.69) is 4.98 Å². The second-order valence-electron chi connectivity index (χ2n) is 7.60. The van der Waals surface area contributed by atoms with Crippen LogP contribution in [-0.4, -0.2) is 53.7 Å². The lowest BCUT2D eigenvalue weighted by Crippen LogP contribution is -2.50. The minimum Gasteiger partial charge on any atom is -0.496 e. The molecule has 9 nitrogen and oxygen atoms in total. The number of aliphatic hydroxyl groups is 1. The Morgan fingerprint density at radius 1 is 1.19 bits per heavy atom. The van der Waals surface area contributed by atoms with Crippen LogP contribution in [-0.2, 0) is 21.4 Å². The first-order valence-electron chi connectivity index (χ1n) is 9.93. The molecule has 10 heteroatoms. The van der Waals surface area contributed by atoms with Crippen molar-refractivity contribution >= 4 is 26.8 Å². The zero-order valence-corrected chi connectivity index (χ0v) is 19.2. The number of hydrogen-bond donors (Lipinski definition) is 4. The van der Waals surface area contributed by atoms with Gasteiger partial charge in [0.1, 0.15) is 11.8 Å². The number of carbonyl (C=O) groups is 1. The molecule has 0 aliphatic heterocycles. The molecule has 3 rings (SSSR count). The number of carbonyl (C=O) groups excluding carboxylic acids is 1. The van der Waals surface area contributed by atoms with E-state index in [0.29, 0.717) is 28.0 Å². The highest BCUT2D eigenvalue weighted by molar-refractivity contribution is 7.89. The van der Waals surface area contributed by atoms with Crippen molar-refractivity contribution in [2.24, 2.45) is 0 Å².